The molecule has 0 spiro atoms. The molecule has 0 N–H and O–H groups in total. The highest BCUT2D eigenvalue weighted by atomic mass is 35.5. The third kappa shape index (κ3) is 1.36. The third-order valence-corrected chi connectivity index (χ3v) is 1.80. The summed E-state index contributed by atoms with van der Waals surface area (Å²) in [5.74, 6) is 1.38. The Morgan fingerprint density at radius 3 is 2.75 bits per heavy atom. The van der Waals surface area contributed by atoms with Crippen molar-refractivity contribution in [3.05, 3.63) is 0 Å². The van der Waals surface area contributed by atoms with E-state index >= 15 is 0 Å². The molecule has 1 saturated heterocycles. The molecule has 0 bridgehead atoms. The largest absolute Gasteiger partial charge is 0.377 e. The third-order valence-electron chi connectivity index (χ3n) is 1.45. The van der Waals surface area contributed by atoms with Gasteiger partial charge in [-0.25, -0.2) is 0 Å². The van der Waals surface area contributed by atoms with Crippen LogP contribution in [-0.2, 0) is 4.74 Å². The fourth-order valence-electron chi connectivity index (χ4n) is 0.993. The van der Waals surface area contributed by atoms with Crippen LogP contribution in [0.4, 0.5) is 0 Å². The van der Waals surface area contributed by atoms with Gasteiger partial charge in [-0.2, -0.15) is 0 Å². The molecule has 1 nitrogen and oxygen atoms in total. The minimum absolute atomic E-state index is 0.340. The van der Waals surface area contributed by atoms with Gasteiger partial charge in [0.2, 0.25) is 0 Å². The maximum absolute atomic E-state index is 5.55. The molecule has 1 rings (SSSR count). The summed E-state index contributed by atoms with van der Waals surface area (Å²) in [5.41, 5.74) is 0. The molecule has 2 heteroatoms. The Labute approximate surface area is 55.0 Å². The number of ether oxygens (including phenoxy) is 1. The molecule has 1 fully saturated rings. The minimum atomic E-state index is 0.340. The lowest BCUT2D eigenvalue weighted by Crippen LogP contribution is -2.05. The molecule has 2 atom stereocenters. The molecule has 0 aromatic rings. The van der Waals surface area contributed by atoms with E-state index in [1.165, 1.54) is 0 Å². The van der Waals surface area contributed by atoms with Gasteiger partial charge in [0.15, 0.2) is 0 Å². The summed E-state index contributed by atoms with van der Waals surface area (Å²) in [6.07, 6.45) is 1.48. The van der Waals surface area contributed by atoms with E-state index in [9.17, 15) is 0 Å². The second kappa shape index (κ2) is 2.70. The van der Waals surface area contributed by atoms with Gasteiger partial charge in [-0.15, -0.1) is 11.6 Å². The average molecular weight is 135 g/mol. The van der Waals surface area contributed by atoms with E-state index in [1.807, 2.05) is 0 Å². The van der Waals surface area contributed by atoms with E-state index in [-0.39, 0.29) is 0 Å². The van der Waals surface area contributed by atoms with Crippen LogP contribution in [0, 0.1) is 5.92 Å². The maximum atomic E-state index is 5.55. The molecule has 1 aliphatic rings. The first-order valence-corrected chi connectivity index (χ1v) is 3.54. The highest BCUT2D eigenvalue weighted by Gasteiger charge is 2.20. The minimum Gasteiger partial charge on any atom is -0.377 e. The van der Waals surface area contributed by atoms with Crippen LogP contribution in [0.5, 0.6) is 0 Å². The van der Waals surface area contributed by atoms with Crippen LogP contribution >= 0.6 is 11.6 Å². The summed E-state index contributed by atoms with van der Waals surface area (Å²) in [6, 6.07) is 0. The molecule has 8 heavy (non-hydrogen) atoms. The van der Waals surface area contributed by atoms with Crippen molar-refractivity contribution >= 4 is 11.6 Å². The van der Waals surface area contributed by atoms with E-state index in [1.54, 1.807) is 0 Å². The zero-order chi connectivity index (χ0) is 5.98. The van der Waals surface area contributed by atoms with Gasteiger partial charge in [-0.05, 0) is 12.3 Å². The van der Waals surface area contributed by atoms with E-state index < -0.39 is 0 Å². The molecule has 1 heterocycles. The summed E-state index contributed by atoms with van der Waals surface area (Å²) < 4.78 is 5.28. The molecule has 0 aromatic carbocycles. The molecule has 0 aliphatic carbocycles. The molecule has 0 radical (unpaired) electrons. The van der Waals surface area contributed by atoms with Crippen molar-refractivity contribution < 1.29 is 4.74 Å². The number of hydrogen-bond donors (Lipinski definition) is 0. The molecule has 48 valence electrons. The van der Waals surface area contributed by atoms with Crippen LogP contribution in [0.25, 0.3) is 0 Å². The Bertz CT molecular complexity index is 74.9. The van der Waals surface area contributed by atoms with Crippen molar-refractivity contribution in [3.63, 3.8) is 0 Å². The number of alkyl halides is 1. The molecule has 2 unspecified atom stereocenters. The number of hydrogen-bond acceptors (Lipinski definition) is 1. The fourth-order valence-corrected chi connectivity index (χ4v) is 1.21. The van der Waals surface area contributed by atoms with Gasteiger partial charge < -0.3 is 4.74 Å². The lowest BCUT2D eigenvalue weighted by Gasteiger charge is -2.00. The van der Waals surface area contributed by atoms with E-state index in [2.05, 4.69) is 6.92 Å². The zero-order valence-electron chi connectivity index (χ0n) is 5.06. The van der Waals surface area contributed by atoms with Crippen molar-refractivity contribution in [2.75, 3.05) is 12.5 Å². The van der Waals surface area contributed by atoms with Crippen LogP contribution < -0.4 is 0 Å². The SMILES string of the molecule is CC1COC(CCl)C1. The predicted molar refractivity (Wildman–Crippen MR) is 34.2 cm³/mol. The first-order valence-electron chi connectivity index (χ1n) is 3.00. The zero-order valence-corrected chi connectivity index (χ0v) is 5.82. The first-order chi connectivity index (χ1) is 3.83. The Hall–Kier alpha value is 0.250. The monoisotopic (exact) mass is 134 g/mol. The van der Waals surface area contributed by atoms with E-state index in [0.29, 0.717) is 12.0 Å². The second-order valence-electron chi connectivity index (χ2n) is 2.45. The Morgan fingerprint density at radius 2 is 2.50 bits per heavy atom. The van der Waals surface area contributed by atoms with Gasteiger partial charge in [0.25, 0.3) is 0 Å². The molecular weight excluding hydrogens is 124 g/mol. The smallest absolute Gasteiger partial charge is 0.0713 e. The Balaban J connectivity index is 2.22. The van der Waals surface area contributed by atoms with Gasteiger partial charge in [0, 0.05) is 12.5 Å². The number of halogens is 1. The van der Waals surface area contributed by atoms with Crippen molar-refractivity contribution in [1.82, 2.24) is 0 Å². The van der Waals surface area contributed by atoms with Gasteiger partial charge in [-0.1, -0.05) is 6.92 Å². The fraction of sp³-hybridized carbons (Fsp3) is 1.00. The van der Waals surface area contributed by atoms with Gasteiger partial charge in [0.05, 0.1) is 6.10 Å². The summed E-state index contributed by atoms with van der Waals surface area (Å²) in [7, 11) is 0. The highest BCUT2D eigenvalue weighted by Crippen LogP contribution is 2.18. The van der Waals surface area contributed by atoms with Gasteiger partial charge in [-0.3, -0.25) is 0 Å². The lowest BCUT2D eigenvalue weighted by molar-refractivity contribution is 0.123. The van der Waals surface area contributed by atoms with Crippen molar-refractivity contribution in [2.45, 2.75) is 19.4 Å². The molecule has 0 amide bonds. The van der Waals surface area contributed by atoms with Crippen LogP contribution in [-0.4, -0.2) is 18.6 Å². The predicted octanol–water partition coefficient (Wildman–Crippen LogP) is 1.65. The lowest BCUT2D eigenvalue weighted by atomic mass is 10.1. The van der Waals surface area contributed by atoms with Crippen molar-refractivity contribution in [2.24, 2.45) is 5.92 Å². The van der Waals surface area contributed by atoms with Crippen LogP contribution in [0.3, 0.4) is 0 Å². The number of rotatable bonds is 1. The van der Waals surface area contributed by atoms with Crippen LogP contribution in [0.1, 0.15) is 13.3 Å². The summed E-state index contributed by atoms with van der Waals surface area (Å²) in [4.78, 5) is 0. The topological polar surface area (TPSA) is 9.23 Å². The first kappa shape index (κ1) is 6.37. The normalized spacial score (nSPS) is 38.2. The van der Waals surface area contributed by atoms with Crippen molar-refractivity contribution in [1.29, 1.82) is 0 Å². The van der Waals surface area contributed by atoms with E-state index in [0.717, 1.165) is 18.9 Å². The highest BCUT2D eigenvalue weighted by molar-refractivity contribution is 6.18. The quantitative estimate of drug-likeness (QED) is 0.496. The summed E-state index contributed by atoms with van der Waals surface area (Å²) >= 11 is 5.55. The average Bonchev–Trinajstić information content (AvgIpc) is 2.14. The Morgan fingerprint density at radius 1 is 1.75 bits per heavy atom. The van der Waals surface area contributed by atoms with E-state index in [4.69, 9.17) is 16.3 Å². The maximum Gasteiger partial charge on any atom is 0.0713 e. The van der Waals surface area contributed by atoms with Gasteiger partial charge >= 0.3 is 0 Å². The molecule has 0 aromatic heterocycles. The van der Waals surface area contributed by atoms with Crippen molar-refractivity contribution in [3.8, 4) is 0 Å². The molecule has 1 aliphatic heterocycles. The van der Waals surface area contributed by atoms with Crippen LogP contribution in [0.2, 0.25) is 0 Å². The Kier molecular flexibility index (Phi) is 2.15. The molecular formula is C6H11ClO. The standard InChI is InChI=1S/C6H11ClO/c1-5-2-6(3-7)8-4-5/h5-6H,2-4H2,1H3. The van der Waals surface area contributed by atoms with Gasteiger partial charge in [0.1, 0.15) is 0 Å². The summed E-state index contributed by atoms with van der Waals surface area (Å²) in [5, 5.41) is 0. The summed E-state index contributed by atoms with van der Waals surface area (Å²) in [6.45, 7) is 3.09. The van der Waals surface area contributed by atoms with Crippen LogP contribution in [0.15, 0.2) is 0 Å². The molecule has 0 saturated carbocycles. The second-order valence-corrected chi connectivity index (χ2v) is 2.76.